The minimum absolute atomic E-state index is 0.160. The summed E-state index contributed by atoms with van der Waals surface area (Å²) in [6, 6.07) is 14.5. The minimum Gasteiger partial charge on any atom is -0.370 e. The number of carbonyl (C=O) groups is 3. The highest BCUT2D eigenvalue weighted by atomic mass is 16.5. The third kappa shape index (κ3) is 2.68. The monoisotopic (exact) mass is 350 g/mol. The van der Waals surface area contributed by atoms with Gasteiger partial charge in [-0.25, -0.2) is 0 Å². The third-order valence-electron chi connectivity index (χ3n) is 4.86. The van der Waals surface area contributed by atoms with E-state index in [-0.39, 0.29) is 29.4 Å². The van der Waals surface area contributed by atoms with Gasteiger partial charge in [0.15, 0.2) is 0 Å². The number of hydrogen-bond acceptors (Lipinski definition) is 4. The molecule has 0 spiro atoms. The second-order valence-electron chi connectivity index (χ2n) is 6.45. The Bertz CT molecular complexity index is 894. The number of fused-ring (bicyclic) bond motifs is 1. The quantitative estimate of drug-likeness (QED) is 0.778. The summed E-state index contributed by atoms with van der Waals surface area (Å²) in [6.07, 6.45) is -0.169. The molecule has 2 aliphatic rings. The normalized spacial score (nSPS) is 19.7. The van der Waals surface area contributed by atoms with Crippen LogP contribution < -0.4 is 0 Å². The second-order valence-corrected chi connectivity index (χ2v) is 6.45. The molecule has 0 saturated carbocycles. The van der Waals surface area contributed by atoms with Crippen LogP contribution >= 0.6 is 0 Å². The van der Waals surface area contributed by atoms with Crippen LogP contribution in [0.1, 0.15) is 42.7 Å². The fraction of sp³-hybridized carbons (Fsp3) is 0.250. The molecule has 2 heterocycles. The van der Waals surface area contributed by atoms with Crippen molar-refractivity contribution in [2.75, 3.05) is 26.7 Å². The van der Waals surface area contributed by atoms with Crippen molar-refractivity contribution in [1.82, 2.24) is 9.80 Å². The fourth-order valence-electron chi connectivity index (χ4n) is 3.38. The summed E-state index contributed by atoms with van der Waals surface area (Å²) in [6.45, 7) is 1.40. The summed E-state index contributed by atoms with van der Waals surface area (Å²) < 4.78 is 5.80. The highest BCUT2D eigenvalue weighted by Gasteiger charge is 2.34. The van der Waals surface area contributed by atoms with Crippen molar-refractivity contribution in [2.24, 2.45) is 0 Å². The average molecular weight is 350 g/mol. The Hall–Kier alpha value is -2.99. The lowest BCUT2D eigenvalue weighted by atomic mass is 10.0. The first-order valence-electron chi connectivity index (χ1n) is 8.48. The van der Waals surface area contributed by atoms with Crippen molar-refractivity contribution in [2.45, 2.75) is 6.10 Å². The van der Waals surface area contributed by atoms with E-state index in [0.717, 1.165) is 10.5 Å². The summed E-state index contributed by atoms with van der Waals surface area (Å²) in [5, 5.41) is 0. The van der Waals surface area contributed by atoms with Crippen molar-refractivity contribution < 1.29 is 19.1 Å². The predicted octanol–water partition coefficient (Wildman–Crippen LogP) is 2.13. The molecule has 4 rings (SSSR count). The van der Waals surface area contributed by atoms with E-state index >= 15 is 0 Å². The molecule has 0 bridgehead atoms. The largest absolute Gasteiger partial charge is 0.370 e. The Morgan fingerprint density at radius 1 is 1.04 bits per heavy atom. The van der Waals surface area contributed by atoms with Crippen LogP contribution in [0.3, 0.4) is 0 Å². The maximum Gasteiger partial charge on any atom is 0.261 e. The number of hydrogen-bond donors (Lipinski definition) is 0. The van der Waals surface area contributed by atoms with Gasteiger partial charge in [-0.2, -0.15) is 0 Å². The lowest BCUT2D eigenvalue weighted by Gasteiger charge is -2.33. The molecule has 1 saturated heterocycles. The molecular formula is C20H18N2O4. The smallest absolute Gasteiger partial charge is 0.261 e. The SMILES string of the molecule is CN1C(=O)c2ccc(C(=O)N3CCO[C@H](c4ccccc4)C3)cc2C1=O. The lowest BCUT2D eigenvalue weighted by Crippen LogP contribution is -2.42. The molecule has 0 aromatic heterocycles. The number of carbonyl (C=O) groups excluding carboxylic acids is 3. The van der Waals surface area contributed by atoms with Gasteiger partial charge in [0.2, 0.25) is 0 Å². The van der Waals surface area contributed by atoms with E-state index in [0.29, 0.717) is 30.8 Å². The molecule has 0 unspecified atom stereocenters. The number of nitrogens with zero attached hydrogens (tertiary/aromatic N) is 2. The van der Waals surface area contributed by atoms with Crippen molar-refractivity contribution >= 4 is 17.7 Å². The van der Waals surface area contributed by atoms with Gasteiger partial charge in [0.25, 0.3) is 17.7 Å². The van der Waals surface area contributed by atoms with Crippen molar-refractivity contribution in [3.63, 3.8) is 0 Å². The van der Waals surface area contributed by atoms with Crippen LogP contribution in [0.2, 0.25) is 0 Å². The molecule has 0 N–H and O–H groups in total. The van der Waals surface area contributed by atoms with Crippen LogP contribution in [0.5, 0.6) is 0 Å². The molecular weight excluding hydrogens is 332 g/mol. The van der Waals surface area contributed by atoms with Gasteiger partial charge in [-0.15, -0.1) is 0 Å². The van der Waals surface area contributed by atoms with E-state index < -0.39 is 0 Å². The molecule has 26 heavy (non-hydrogen) atoms. The first-order chi connectivity index (χ1) is 12.6. The molecule has 0 aliphatic carbocycles. The number of benzene rings is 2. The van der Waals surface area contributed by atoms with Crippen molar-refractivity contribution in [1.29, 1.82) is 0 Å². The molecule has 6 heteroatoms. The summed E-state index contributed by atoms with van der Waals surface area (Å²) in [5.74, 6) is -0.866. The van der Waals surface area contributed by atoms with Gasteiger partial charge >= 0.3 is 0 Å². The Labute approximate surface area is 151 Å². The first-order valence-corrected chi connectivity index (χ1v) is 8.48. The van der Waals surface area contributed by atoms with E-state index in [9.17, 15) is 14.4 Å². The summed E-state index contributed by atoms with van der Waals surface area (Å²) in [7, 11) is 1.44. The van der Waals surface area contributed by atoms with Gasteiger partial charge < -0.3 is 9.64 Å². The summed E-state index contributed by atoms with van der Waals surface area (Å²) in [5.41, 5.74) is 2.07. The zero-order valence-electron chi connectivity index (χ0n) is 14.3. The minimum atomic E-state index is -0.371. The molecule has 0 radical (unpaired) electrons. The van der Waals surface area contributed by atoms with Gasteiger partial charge in [0.1, 0.15) is 6.10 Å². The van der Waals surface area contributed by atoms with Crippen molar-refractivity contribution in [3.05, 3.63) is 70.8 Å². The number of morpholine rings is 1. The van der Waals surface area contributed by atoms with Gasteiger partial charge in [0.05, 0.1) is 24.3 Å². The van der Waals surface area contributed by atoms with E-state index in [2.05, 4.69) is 0 Å². The van der Waals surface area contributed by atoms with Crippen LogP contribution in [0.25, 0.3) is 0 Å². The standard InChI is InChI=1S/C20H18N2O4/c1-21-19(24)15-8-7-14(11-16(15)20(21)25)18(23)22-9-10-26-17(12-22)13-5-3-2-4-6-13/h2-8,11,17H,9-10,12H2,1H3/t17-/m0/s1. The van der Waals surface area contributed by atoms with Gasteiger partial charge in [-0.1, -0.05) is 30.3 Å². The van der Waals surface area contributed by atoms with E-state index in [1.54, 1.807) is 17.0 Å². The number of rotatable bonds is 2. The Balaban J connectivity index is 1.57. The Kier molecular flexibility index (Phi) is 4.05. The molecule has 3 amide bonds. The van der Waals surface area contributed by atoms with Crippen LogP contribution in [-0.2, 0) is 4.74 Å². The predicted molar refractivity (Wildman–Crippen MR) is 93.9 cm³/mol. The van der Waals surface area contributed by atoms with Crippen LogP contribution in [0.4, 0.5) is 0 Å². The van der Waals surface area contributed by atoms with Crippen LogP contribution in [-0.4, -0.2) is 54.3 Å². The lowest BCUT2D eigenvalue weighted by molar-refractivity contribution is -0.0228. The van der Waals surface area contributed by atoms with E-state index in [1.807, 2.05) is 30.3 Å². The second kappa shape index (κ2) is 6.38. The molecule has 1 fully saturated rings. The highest BCUT2D eigenvalue weighted by Crippen LogP contribution is 2.26. The maximum absolute atomic E-state index is 12.9. The van der Waals surface area contributed by atoms with Gasteiger partial charge in [0, 0.05) is 19.2 Å². The third-order valence-corrected chi connectivity index (χ3v) is 4.86. The topological polar surface area (TPSA) is 66.9 Å². The molecule has 6 nitrogen and oxygen atoms in total. The number of amides is 3. The summed E-state index contributed by atoms with van der Waals surface area (Å²) in [4.78, 5) is 39.8. The fourth-order valence-corrected chi connectivity index (χ4v) is 3.38. The number of imide groups is 1. The van der Waals surface area contributed by atoms with Crippen LogP contribution in [0.15, 0.2) is 48.5 Å². The Morgan fingerprint density at radius 3 is 2.54 bits per heavy atom. The van der Waals surface area contributed by atoms with E-state index in [1.165, 1.54) is 13.1 Å². The van der Waals surface area contributed by atoms with Crippen molar-refractivity contribution in [3.8, 4) is 0 Å². The maximum atomic E-state index is 12.9. The van der Waals surface area contributed by atoms with Crippen LogP contribution in [0, 0.1) is 0 Å². The Morgan fingerprint density at radius 2 is 1.77 bits per heavy atom. The molecule has 1 atom stereocenters. The molecule has 2 aromatic carbocycles. The number of ether oxygens (including phenoxy) is 1. The molecule has 132 valence electrons. The van der Waals surface area contributed by atoms with Gasteiger partial charge in [-0.3, -0.25) is 19.3 Å². The zero-order chi connectivity index (χ0) is 18.3. The molecule has 2 aromatic rings. The summed E-state index contributed by atoms with van der Waals surface area (Å²) >= 11 is 0. The van der Waals surface area contributed by atoms with E-state index in [4.69, 9.17) is 4.74 Å². The first kappa shape index (κ1) is 16.5. The highest BCUT2D eigenvalue weighted by molar-refractivity contribution is 6.21. The zero-order valence-corrected chi connectivity index (χ0v) is 14.3. The van der Waals surface area contributed by atoms with Gasteiger partial charge in [-0.05, 0) is 23.8 Å². The molecule has 2 aliphatic heterocycles. The average Bonchev–Trinajstić information content (AvgIpc) is 2.92.